The number of primary amides is 1. The summed E-state index contributed by atoms with van der Waals surface area (Å²) in [5.74, 6) is 5.55. The number of nitrogens with one attached hydrogen (secondary N) is 1. The zero-order valence-electron chi connectivity index (χ0n) is 15.3. The Bertz CT molecular complexity index is 803. The fraction of sp³-hybridized carbons (Fsp3) is 0.500. The molecule has 3 N–H and O–H groups in total. The van der Waals surface area contributed by atoms with Crippen molar-refractivity contribution in [3.05, 3.63) is 29.6 Å². The summed E-state index contributed by atoms with van der Waals surface area (Å²) in [4.78, 5) is 41.2. The Morgan fingerprint density at radius 2 is 2.00 bits per heavy atom. The molecule has 0 atom stereocenters. The van der Waals surface area contributed by atoms with Gasteiger partial charge in [0.1, 0.15) is 5.54 Å². The molecular formula is C20H24N4O3. The van der Waals surface area contributed by atoms with E-state index in [4.69, 9.17) is 5.73 Å². The second-order valence-electron chi connectivity index (χ2n) is 7.19. The summed E-state index contributed by atoms with van der Waals surface area (Å²) in [7, 11) is 0. The third kappa shape index (κ3) is 4.85. The van der Waals surface area contributed by atoms with Crippen molar-refractivity contribution in [1.29, 1.82) is 0 Å². The fourth-order valence-electron chi connectivity index (χ4n) is 3.62. The maximum absolute atomic E-state index is 12.5. The summed E-state index contributed by atoms with van der Waals surface area (Å²) >= 11 is 0. The van der Waals surface area contributed by atoms with Crippen molar-refractivity contribution in [2.24, 2.45) is 5.73 Å². The van der Waals surface area contributed by atoms with Crippen molar-refractivity contribution in [2.45, 2.75) is 50.5 Å². The first-order chi connectivity index (χ1) is 13.0. The van der Waals surface area contributed by atoms with E-state index in [1.807, 2.05) is 0 Å². The van der Waals surface area contributed by atoms with Gasteiger partial charge in [-0.1, -0.05) is 31.1 Å². The highest BCUT2D eigenvalue weighted by molar-refractivity contribution is 5.92. The van der Waals surface area contributed by atoms with Crippen LogP contribution in [-0.4, -0.2) is 46.2 Å². The molecule has 2 fully saturated rings. The van der Waals surface area contributed by atoms with Gasteiger partial charge in [-0.25, -0.2) is 0 Å². The number of aromatic nitrogens is 1. The second kappa shape index (κ2) is 8.21. The van der Waals surface area contributed by atoms with Crippen molar-refractivity contribution >= 4 is 17.7 Å². The van der Waals surface area contributed by atoms with Crippen molar-refractivity contribution in [3.63, 3.8) is 0 Å². The van der Waals surface area contributed by atoms with E-state index in [2.05, 4.69) is 22.1 Å². The molecule has 0 spiro atoms. The van der Waals surface area contributed by atoms with Crippen LogP contribution in [0.25, 0.3) is 0 Å². The Labute approximate surface area is 158 Å². The molecular weight excluding hydrogens is 344 g/mol. The van der Waals surface area contributed by atoms with Crippen LogP contribution in [0.2, 0.25) is 0 Å². The van der Waals surface area contributed by atoms with Gasteiger partial charge in [-0.05, 0) is 25.3 Å². The van der Waals surface area contributed by atoms with E-state index in [1.165, 1.54) is 6.20 Å². The Hall–Kier alpha value is -2.88. The van der Waals surface area contributed by atoms with E-state index in [0.717, 1.165) is 38.5 Å². The highest BCUT2D eigenvalue weighted by Crippen LogP contribution is 2.28. The van der Waals surface area contributed by atoms with Gasteiger partial charge in [-0.3, -0.25) is 19.4 Å². The number of hydrogen-bond donors (Lipinski definition) is 2. The third-order valence-corrected chi connectivity index (χ3v) is 5.06. The molecule has 1 saturated heterocycles. The van der Waals surface area contributed by atoms with Crippen LogP contribution in [0.5, 0.6) is 0 Å². The van der Waals surface area contributed by atoms with Crippen LogP contribution in [0, 0.1) is 11.8 Å². The minimum absolute atomic E-state index is 0.0308. The number of likely N-dealkylation sites (tertiary alicyclic amines) is 1. The maximum Gasteiger partial charge on any atom is 0.250 e. The van der Waals surface area contributed by atoms with Gasteiger partial charge in [0.05, 0.1) is 12.1 Å². The van der Waals surface area contributed by atoms with Crippen LogP contribution in [0.1, 0.15) is 60.9 Å². The van der Waals surface area contributed by atoms with Crippen molar-refractivity contribution in [2.75, 3.05) is 13.1 Å². The topological polar surface area (TPSA) is 105 Å². The standard InChI is InChI=1S/C20H24N4O3/c21-19(27)16-11-15(12-22-13-16)6-9-20(7-2-1-3-8-20)23-17(25)14-24-10-4-5-18(24)26/h11-13H,1-5,7-8,10,14H2,(H2,21,27)(H,23,25). The molecule has 2 aliphatic rings. The van der Waals surface area contributed by atoms with Gasteiger partial charge in [0.2, 0.25) is 17.7 Å². The number of hydrogen-bond acceptors (Lipinski definition) is 4. The van der Waals surface area contributed by atoms with Crippen molar-refractivity contribution < 1.29 is 14.4 Å². The average molecular weight is 368 g/mol. The van der Waals surface area contributed by atoms with Crippen LogP contribution >= 0.6 is 0 Å². The quantitative estimate of drug-likeness (QED) is 0.773. The number of rotatable bonds is 4. The molecule has 1 aliphatic heterocycles. The van der Waals surface area contributed by atoms with Gasteiger partial charge in [0, 0.05) is 30.9 Å². The van der Waals surface area contributed by atoms with E-state index in [-0.39, 0.29) is 18.4 Å². The van der Waals surface area contributed by atoms with Crippen molar-refractivity contribution in [3.8, 4) is 11.8 Å². The highest BCUT2D eigenvalue weighted by Gasteiger charge is 2.33. The second-order valence-corrected chi connectivity index (χ2v) is 7.19. The molecule has 142 valence electrons. The van der Waals surface area contributed by atoms with E-state index in [1.54, 1.807) is 17.2 Å². The number of carbonyl (C=O) groups excluding carboxylic acids is 3. The Morgan fingerprint density at radius 3 is 2.67 bits per heavy atom. The smallest absolute Gasteiger partial charge is 0.250 e. The molecule has 7 heteroatoms. The Kier molecular flexibility index (Phi) is 5.75. The predicted octanol–water partition coefficient (Wildman–Crippen LogP) is 0.973. The first-order valence-corrected chi connectivity index (χ1v) is 9.34. The van der Waals surface area contributed by atoms with Crippen molar-refractivity contribution in [1.82, 2.24) is 15.2 Å². The predicted molar refractivity (Wildman–Crippen MR) is 99.4 cm³/mol. The van der Waals surface area contributed by atoms with Gasteiger partial charge in [0.15, 0.2) is 0 Å². The van der Waals surface area contributed by atoms with Crippen LogP contribution in [0.4, 0.5) is 0 Å². The lowest BCUT2D eigenvalue weighted by atomic mass is 9.82. The zero-order chi connectivity index (χ0) is 19.3. The average Bonchev–Trinajstić information content (AvgIpc) is 3.05. The molecule has 1 aromatic heterocycles. The summed E-state index contributed by atoms with van der Waals surface area (Å²) in [5.41, 5.74) is 5.56. The lowest BCUT2D eigenvalue weighted by Gasteiger charge is -2.34. The Balaban J connectivity index is 1.75. The number of nitrogens with two attached hydrogens (primary N) is 1. The van der Waals surface area contributed by atoms with Crippen LogP contribution in [0.15, 0.2) is 18.5 Å². The van der Waals surface area contributed by atoms with Crippen LogP contribution < -0.4 is 11.1 Å². The first kappa shape index (κ1) is 18.9. The van der Waals surface area contributed by atoms with Gasteiger partial charge in [-0.2, -0.15) is 0 Å². The SMILES string of the molecule is NC(=O)c1cncc(C#CC2(NC(=O)CN3CCCC3=O)CCCCC2)c1. The molecule has 0 aromatic carbocycles. The monoisotopic (exact) mass is 368 g/mol. The van der Waals surface area contributed by atoms with Gasteiger partial charge in [-0.15, -0.1) is 0 Å². The summed E-state index contributed by atoms with van der Waals surface area (Å²) in [6, 6.07) is 1.60. The molecule has 1 aromatic rings. The van der Waals surface area contributed by atoms with Gasteiger partial charge < -0.3 is 16.0 Å². The molecule has 0 unspecified atom stereocenters. The van der Waals surface area contributed by atoms with E-state index < -0.39 is 11.4 Å². The normalized spacial score (nSPS) is 18.5. The summed E-state index contributed by atoms with van der Waals surface area (Å²) in [6.07, 6.45) is 8.91. The first-order valence-electron chi connectivity index (χ1n) is 9.34. The molecule has 27 heavy (non-hydrogen) atoms. The molecule has 7 nitrogen and oxygen atoms in total. The molecule has 1 saturated carbocycles. The largest absolute Gasteiger partial charge is 0.366 e. The lowest BCUT2D eigenvalue weighted by molar-refractivity contribution is -0.133. The van der Waals surface area contributed by atoms with Gasteiger partial charge in [0.25, 0.3) is 0 Å². The maximum atomic E-state index is 12.5. The minimum Gasteiger partial charge on any atom is -0.366 e. The third-order valence-electron chi connectivity index (χ3n) is 5.06. The molecule has 0 bridgehead atoms. The molecule has 2 heterocycles. The molecule has 3 amide bonds. The van der Waals surface area contributed by atoms with E-state index >= 15 is 0 Å². The summed E-state index contributed by atoms with van der Waals surface area (Å²) < 4.78 is 0. The molecule has 3 rings (SSSR count). The van der Waals surface area contributed by atoms with Crippen LogP contribution in [0.3, 0.4) is 0 Å². The lowest BCUT2D eigenvalue weighted by Crippen LogP contribution is -2.51. The highest BCUT2D eigenvalue weighted by atomic mass is 16.2. The summed E-state index contributed by atoms with van der Waals surface area (Å²) in [5, 5.41) is 3.07. The number of nitrogens with zero attached hydrogens (tertiary/aromatic N) is 2. The number of carbonyl (C=O) groups is 3. The number of pyridine rings is 1. The Morgan fingerprint density at radius 1 is 1.22 bits per heavy atom. The van der Waals surface area contributed by atoms with Gasteiger partial charge >= 0.3 is 0 Å². The number of amides is 3. The minimum atomic E-state index is -0.610. The zero-order valence-corrected chi connectivity index (χ0v) is 15.3. The van der Waals surface area contributed by atoms with E-state index in [9.17, 15) is 14.4 Å². The van der Waals surface area contributed by atoms with E-state index in [0.29, 0.717) is 24.1 Å². The van der Waals surface area contributed by atoms with Crippen LogP contribution in [-0.2, 0) is 9.59 Å². The fourth-order valence-corrected chi connectivity index (χ4v) is 3.62. The molecule has 0 radical (unpaired) electrons. The molecule has 1 aliphatic carbocycles. The summed E-state index contributed by atoms with van der Waals surface area (Å²) in [6.45, 7) is 0.720.